The second-order valence-electron chi connectivity index (χ2n) is 6.87. The maximum Gasteiger partial charge on any atom is 0.320 e. The van der Waals surface area contributed by atoms with Gasteiger partial charge in [-0.05, 0) is 17.7 Å². The van der Waals surface area contributed by atoms with Crippen LogP contribution < -0.4 is 24.8 Å². The number of amides is 1. The van der Waals surface area contributed by atoms with Crippen LogP contribution in [-0.4, -0.2) is 57.8 Å². The van der Waals surface area contributed by atoms with Gasteiger partial charge in [-0.1, -0.05) is 30.3 Å². The van der Waals surface area contributed by atoms with E-state index in [9.17, 15) is 9.59 Å². The zero-order valence-corrected chi connectivity index (χ0v) is 18.3. The highest BCUT2D eigenvalue weighted by atomic mass is 16.5. The van der Waals surface area contributed by atoms with E-state index < -0.39 is 0 Å². The molecule has 0 spiro atoms. The number of carbonyl (C=O) groups excluding carboxylic acids is 2. The van der Waals surface area contributed by atoms with Gasteiger partial charge < -0.3 is 34.6 Å². The summed E-state index contributed by atoms with van der Waals surface area (Å²) in [6.07, 6.45) is 0. The first-order valence-electron chi connectivity index (χ1n) is 10.1. The summed E-state index contributed by atoms with van der Waals surface area (Å²) in [4.78, 5) is 27.4. The summed E-state index contributed by atoms with van der Waals surface area (Å²) >= 11 is 0. The van der Waals surface area contributed by atoms with Crippen LogP contribution in [0.15, 0.2) is 42.5 Å². The quantitative estimate of drug-likeness (QED) is 0.309. The smallest absolute Gasteiger partial charge is 0.320 e. The maximum atomic E-state index is 12.5. The van der Waals surface area contributed by atoms with E-state index in [1.807, 2.05) is 30.3 Å². The van der Waals surface area contributed by atoms with Gasteiger partial charge in [0.1, 0.15) is 12.3 Å². The van der Waals surface area contributed by atoms with Crippen LogP contribution in [0.5, 0.6) is 17.2 Å². The van der Waals surface area contributed by atoms with E-state index in [1.165, 1.54) is 21.3 Å². The molecule has 0 aliphatic carbocycles. The van der Waals surface area contributed by atoms with Crippen LogP contribution in [0.1, 0.15) is 16.1 Å². The van der Waals surface area contributed by atoms with Gasteiger partial charge in [0.25, 0.3) is 5.91 Å². The van der Waals surface area contributed by atoms with Crippen LogP contribution in [0.3, 0.4) is 0 Å². The topological polar surface area (TPSA) is 111 Å². The molecule has 3 rings (SSSR count). The Hall–Kier alpha value is -3.72. The van der Waals surface area contributed by atoms with E-state index >= 15 is 0 Å². The largest absolute Gasteiger partial charge is 0.493 e. The van der Waals surface area contributed by atoms with Gasteiger partial charge in [0, 0.05) is 18.5 Å². The summed E-state index contributed by atoms with van der Waals surface area (Å²) in [6.45, 7) is 1.05. The number of hydrogen-bond acceptors (Lipinski definition) is 7. The molecule has 0 fully saturated rings. The molecule has 170 valence electrons. The molecule has 0 unspecified atom stereocenters. The van der Waals surface area contributed by atoms with Crippen molar-refractivity contribution in [1.29, 1.82) is 0 Å². The third-order valence-corrected chi connectivity index (χ3v) is 4.76. The molecule has 3 N–H and O–H groups in total. The lowest BCUT2D eigenvalue weighted by atomic mass is 10.2. The second-order valence-corrected chi connectivity index (χ2v) is 6.87. The lowest BCUT2D eigenvalue weighted by Gasteiger charge is -2.12. The van der Waals surface area contributed by atoms with Crippen molar-refractivity contribution >= 4 is 22.8 Å². The highest BCUT2D eigenvalue weighted by Crippen LogP contribution is 2.43. The van der Waals surface area contributed by atoms with Gasteiger partial charge in [0.05, 0.1) is 33.4 Å². The van der Waals surface area contributed by atoms with Crippen molar-refractivity contribution in [3.8, 4) is 17.2 Å². The number of esters is 1. The number of H-pyrrole nitrogens is 1. The molecule has 0 bridgehead atoms. The molecule has 9 heteroatoms. The number of methoxy groups -OCH3 is 3. The van der Waals surface area contributed by atoms with Crippen molar-refractivity contribution < 1.29 is 28.5 Å². The number of carbonyl (C=O) groups is 2. The first kappa shape index (κ1) is 23.0. The Kier molecular flexibility index (Phi) is 7.93. The predicted octanol–water partition coefficient (Wildman–Crippen LogP) is 2.26. The minimum atomic E-state index is -0.356. The van der Waals surface area contributed by atoms with Gasteiger partial charge in [-0.3, -0.25) is 9.59 Å². The number of rotatable bonds is 11. The van der Waals surface area contributed by atoms with Crippen molar-refractivity contribution in [2.45, 2.75) is 6.61 Å². The average Bonchev–Trinajstić information content (AvgIpc) is 3.25. The summed E-state index contributed by atoms with van der Waals surface area (Å²) < 4.78 is 21.4. The predicted molar refractivity (Wildman–Crippen MR) is 119 cm³/mol. The number of nitrogens with one attached hydrogen (secondary N) is 3. The van der Waals surface area contributed by atoms with Crippen LogP contribution in [0.4, 0.5) is 0 Å². The fourth-order valence-corrected chi connectivity index (χ4v) is 3.21. The second kappa shape index (κ2) is 11.1. The van der Waals surface area contributed by atoms with E-state index in [-0.39, 0.29) is 25.0 Å². The van der Waals surface area contributed by atoms with Crippen molar-refractivity contribution in [3.63, 3.8) is 0 Å². The Bertz CT molecular complexity index is 1060. The van der Waals surface area contributed by atoms with Gasteiger partial charge in [-0.25, -0.2) is 0 Å². The Labute approximate surface area is 186 Å². The Morgan fingerprint density at radius 2 is 1.69 bits per heavy atom. The zero-order chi connectivity index (χ0) is 22.9. The van der Waals surface area contributed by atoms with Crippen molar-refractivity contribution in [1.82, 2.24) is 15.6 Å². The monoisotopic (exact) mass is 441 g/mol. The van der Waals surface area contributed by atoms with E-state index in [2.05, 4.69) is 15.6 Å². The molecular formula is C23H27N3O6. The summed E-state index contributed by atoms with van der Waals surface area (Å²) in [5, 5.41) is 6.50. The number of hydrogen-bond donors (Lipinski definition) is 3. The third kappa shape index (κ3) is 5.50. The highest BCUT2D eigenvalue weighted by Gasteiger charge is 2.19. The van der Waals surface area contributed by atoms with Crippen LogP contribution in [0.2, 0.25) is 0 Å². The lowest BCUT2D eigenvalue weighted by molar-refractivity contribution is -0.143. The Morgan fingerprint density at radius 3 is 2.38 bits per heavy atom. The Morgan fingerprint density at radius 1 is 0.938 bits per heavy atom. The summed E-state index contributed by atoms with van der Waals surface area (Å²) in [5.41, 5.74) is 1.93. The highest BCUT2D eigenvalue weighted by molar-refractivity contribution is 6.00. The number of aromatic amines is 1. The first-order valence-corrected chi connectivity index (χ1v) is 10.1. The molecular weight excluding hydrogens is 414 g/mol. The lowest BCUT2D eigenvalue weighted by Crippen LogP contribution is -2.34. The minimum Gasteiger partial charge on any atom is -0.493 e. The summed E-state index contributed by atoms with van der Waals surface area (Å²) in [7, 11) is 4.58. The molecule has 3 aromatic rings. The van der Waals surface area contributed by atoms with Gasteiger partial charge in [0.15, 0.2) is 11.5 Å². The molecule has 0 radical (unpaired) electrons. The fourth-order valence-electron chi connectivity index (χ4n) is 3.21. The molecule has 0 saturated heterocycles. The summed E-state index contributed by atoms with van der Waals surface area (Å²) in [5.74, 6) is 0.767. The average molecular weight is 441 g/mol. The number of aromatic nitrogens is 1. The van der Waals surface area contributed by atoms with Gasteiger partial charge in [-0.15, -0.1) is 0 Å². The molecule has 0 aliphatic rings. The fraction of sp³-hybridized carbons (Fsp3) is 0.304. The van der Waals surface area contributed by atoms with Crippen LogP contribution in [-0.2, 0) is 16.1 Å². The molecule has 1 aromatic heterocycles. The molecule has 9 nitrogen and oxygen atoms in total. The molecule has 0 aliphatic heterocycles. The van der Waals surface area contributed by atoms with E-state index in [0.29, 0.717) is 41.5 Å². The standard InChI is InChI=1S/C23H27N3O6/c1-29-18-12-16-11-17(26-20(16)22(31-3)21(18)30-2)23(28)25-10-9-24-13-19(27)32-14-15-7-5-4-6-8-15/h4-8,11-12,24,26H,9-10,13-14H2,1-3H3,(H,25,28). The SMILES string of the molecule is COc1cc2cc(C(=O)NCCNCC(=O)OCc3ccccc3)[nH]c2c(OC)c1OC. The number of fused-ring (bicyclic) bond motifs is 1. The van der Waals surface area contributed by atoms with Crippen molar-refractivity contribution in [2.24, 2.45) is 0 Å². The van der Waals surface area contributed by atoms with Gasteiger partial charge in [-0.2, -0.15) is 0 Å². The van der Waals surface area contributed by atoms with Gasteiger partial charge >= 0.3 is 5.97 Å². The van der Waals surface area contributed by atoms with Crippen LogP contribution in [0, 0.1) is 0 Å². The number of benzene rings is 2. The van der Waals surface area contributed by atoms with Crippen molar-refractivity contribution in [3.05, 3.63) is 53.7 Å². The van der Waals surface area contributed by atoms with E-state index in [1.54, 1.807) is 12.1 Å². The maximum absolute atomic E-state index is 12.5. The normalized spacial score (nSPS) is 10.6. The van der Waals surface area contributed by atoms with Crippen molar-refractivity contribution in [2.75, 3.05) is 41.0 Å². The Balaban J connectivity index is 1.48. The minimum absolute atomic E-state index is 0.0614. The first-order chi connectivity index (χ1) is 15.6. The number of ether oxygens (including phenoxy) is 4. The molecule has 2 aromatic carbocycles. The van der Waals surface area contributed by atoms with E-state index in [0.717, 1.165) is 10.9 Å². The molecule has 1 heterocycles. The molecule has 0 saturated carbocycles. The van der Waals surface area contributed by atoms with Crippen LogP contribution >= 0.6 is 0 Å². The van der Waals surface area contributed by atoms with E-state index in [4.69, 9.17) is 18.9 Å². The third-order valence-electron chi connectivity index (χ3n) is 4.76. The van der Waals surface area contributed by atoms with Gasteiger partial charge in [0.2, 0.25) is 5.75 Å². The summed E-state index contributed by atoms with van der Waals surface area (Å²) in [6, 6.07) is 12.9. The zero-order valence-electron chi connectivity index (χ0n) is 18.3. The van der Waals surface area contributed by atoms with Crippen LogP contribution in [0.25, 0.3) is 10.9 Å². The molecule has 0 atom stereocenters. The molecule has 1 amide bonds. The molecule has 32 heavy (non-hydrogen) atoms.